The minimum absolute atomic E-state index is 0. The lowest BCUT2D eigenvalue weighted by atomic mass is 10.2. The normalized spacial score (nSPS) is 13.1. The highest BCUT2D eigenvalue weighted by atomic mass is 127. The molecule has 1 unspecified atom stereocenters. The number of nitrogens with zero attached hydrogens (tertiary/aromatic N) is 2. The zero-order valence-electron chi connectivity index (χ0n) is 18.1. The summed E-state index contributed by atoms with van der Waals surface area (Å²) in [6.07, 6.45) is 0.718. The highest BCUT2D eigenvalue weighted by molar-refractivity contribution is 14.0. The highest BCUT2D eigenvalue weighted by Gasteiger charge is 2.14. The van der Waals surface area contributed by atoms with Crippen LogP contribution in [0.1, 0.15) is 32.8 Å². The van der Waals surface area contributed by atoms with Crippen LogP contribution in [0, 0.1) is 5.92 Å². The average molecular weight is 541 g/mol. The van der Waals surface area contributed by atoms with E-state index < -0.39 is 10.0 Å². The van der Waals surface area contributed by atoms with Crippen molar-refractivity contribution < 1.29 is 13.2 Å². The highest BCUT2D eigenvalue weighted by Crippen LogP contribution is 2.04. The predicted octanol–water partition coefficient (Wildman–Crippen LogP) is 2.68. The first-order chi connectivity index (χ1) is 13.4. The van der Waals surface area contributed by atoms with Gasteiger partial charge in [0.15, 0.2) is 5.96 Å². The quantitative estimate of drug-likeness (QED) is 0.174. The summed E-state index contributed by atoms with van der Waals surface area (Å²) in [7, 11) is -1.49. The lowest BCUT2D eigenvalue weighted by molar-refractivity contribution is 0.0945. The van der Waals surface area contributed by atoms with Crippen molar-refractivity contribution in [2.75, 3.05) is 45.6 Å². The molecule has 1 rings (SSSR count). The van der Waals surface area contributed by atoms with Gasteiger partial charge in [0.2, 0.25) is 10.0 Å². The van der Waals surface area contributed by atoms with Gasteiger partial charge in [0.1, 0.15) is 0 Å². The molecule has 0 aliphatic rings. The summed E-state index contributed by atoms with van der Waals surface area (Å²) in [4.78, 5) is 4.60. The third-order valence-electron chi connectivity index (χ3n) is 4.20. The van der Waals surface area contributed by atoms with E-state index in [1.165, 1.54) is 9.87 Å². The van der Waals surface area contributed by atoms with Crippen molar-refractivity contribution in [1.29, 1.82) is 0 Å². The number of hydrogen-bond acceptors (Lipinski definition) is 4. The van der Waals surface area contributed by atoms with Gasteiger partial charge in [-0.05, 0) is 31.7 Å². The fraction of sp³-hybridized carbons (Fsp3) is 0.650. The standard InChI is InChI=1S/C20H36N4O3S.HI/c1-5-21-20(22-13-10-14-24(4)28(25,26)6-2)23-15-18(3)16-27-17-19-11-8-7-9-12-19;/h7-9,11-12,18H,5-6,10,13-17H2,1-4H3,(H2,21,22,23);1H. The van der Waals surface area contributed by atoms with Crippen molar-refractivity contribution in [3.63, 3.8) is 0 Å². The maximum absolute atomic E-state index is 11.7. The van der Waals surface area contributed by atoms with Crippen LogP contribution in [-0.2, 0) is 21.4 Å². The van der Waals surface area contributed by atoms with Crippen LogP contribution in [-0.4, -0.2) is 64.3 Å². The number of ether oxygens (including phenoxy) is 1. The number of benzene rings is 1. The lowest BCUT2D eigenvalue weighted by Gasteiger charge is -2.17. The second kappa shape index (κ2) is 15.9. The third-order valence-corrected chi connectivity index (χ3v) is 6.06. The van der Waals surface area contributed by atoms with Gasteiger partial charge in [-0.15, -0.1) is 24.0 Å². The average Bonchev–Trinajstić information content (AvgIpc) is 2.69. The number of sulfonamides is 1. The number of aliphatic imine (C=N–C) groups is 1. The molecule has 1 aromatic rings. The van der Waals surface area contributed by atoms with Gasteiger partial charge in [0.05, 0.1) is 19.0 Å². The molecule has 0 aliphatic heterocycles. The van der Waals surface area contributed by atoms with Crippen LogP contribution in [0.3, 0.4) is 0 Å². The van der Waals surface area contributed by atoms with Crippen LogP contribution in [0.4, 0.5) is 0 Å². The Hall–Kier alpha value is -0.910. The summed E-state index contributed by atoms with van der Waals surface area (Å²) >= 11 is 0. The van der Waals surface area contributed by atoms with Crippen LogP contribution in [0.15, 0.2) is 35.3 Å². The van der Waals surface area contributed by atoms with E-state index in [0.717, 1.165) is 18.9 Å². The topological polar surface area (TPSA) is 83.0 Å². The fourth-order valence-electron chi connectivity index (χ4n) is 2.46. The van der Waals surface area contributed by atoms with E-state index in [2.05, 4.69) is 34.7 Å². The van der Waals surface area contributed by atoms with E-state index in [4.69, 9.17) is 4.74 Å². The third kappa shape index (κ3) is 12.4. The Morgan fingerprint density at radius 3 is 2.52 bits per heavy atom. The molecule has 0 saturated carbocycles. The van der Waals surface area contributed by atoms with E-state index in [-0.39, 0.29) is 29.7 Å². The van der Waals surface area contributed by atoms with Gasteiger partial charge in [-0.25, -0.2) is 12.7 Å². The van der Waals surface area contributed by atoms with E-state index in [1.807, 2.05) is 25.1 Å². The number of guanidine groups is 1. The van der Waals surface area contributed by atoms with Crippen LogP contribution >= 0.6 is 24.0 Å². The van der Waals surface area contributed by atoms with Gasteiger partial charge in [-0.2, -0.15) is 0 Å². The summed E-state index contributed by atoms with van der Waals surface area (Å²) in [6.45, 7) is 9.64. The molecule has 7 nitrogen and oxygen atoms in total. The largest absolute Gasteiger partial charge is 0.376 e. The first kappa shape index (κ1) is 28.1. The molecular weight excluding hydrogens is 503 g/mol. The van der Waals surface area contributed by atoms with Gasteiger partial charge >= 0.3 is 0 Å². The Bertz CT molecular complexity index is 672. The second-order valence-corrected chi connectivity index (χ2v) is 9.19. The van der Waals surface area contributed by atoms with Gasteiger partial charge in [-0.3, -0.25) is 4.99 Å². The lowest BCUT2D eigenvalue weighted by Crippen LogP contribution is -2.39. The molecule has 0 aliphatic carbocycles. The van der Waals surface area contributed by atoms with Gasteiger partial charge in [0.25, 0.3) is 0 Å². The molecule has 0 heterocycles. The van der Waals surface area contributed by atoms with E-state index in [0.29, 0.717) is 38.8 Å². The van der Waals surface area contributed by atoms with Crippen molar-refractivity contribution in [1.82, 2.24) is 14.9 Å². The molecule has 2 N–H and O–H groups in total. The monoisotopic (exact) mass is 540 g/mol. The number of rotatable bonds is 13. The molecule has 0 bridgehead atoms. The molecule has 0 saturated heterocycles. The smallest absolute Gasteiger partial charge is 0.213 e. The Kier molecular flexibility index (Phi) is 15.4. The second-order valence-electron chi connectivity index (χ2n) is 6.83. The van der Waals surface area contributed by atoms with Crippen LogP contribution in [0.2, 0.25) is 0 Å². The van der Waals surface area contributed by atoms with Crippen LogP contribution < -0.4 is 10.6 Å². The van der Waals surface area contributed by atoms with Crippen molar-refractivity contribution in [3.05, 3.63) is 35.9 Å². The summed E-state index contributed by atoms with van der Waals surface area (Å²) in [5, 5.41) is 6.48. The Balaban J connectivity index is 0.00000784. The summed E-state index contributed by atoms with van der Waals surface area (Å²) in [6, 6.07) is 10.1. The molecule has 0 amide bonds. The fourth-order valence-corrected chi connectivity index (χ4v) is 3.31. The molecule has 0 fully saturated rings. The number of nitrogens with one attached hydrogen (secondary N) is 2. The maximum atomic E-state index is 11.7. The van der Waals surface area contributed by atoms with Crippen molar-refractivity contribution in [2.24, 2.45) is 10.9 Å². The molecule has 29 heavy (non-hydrogen) atoms. The SMILES string of the molecule is CCNC(=NCC(C)COCc1ccccc1)NCCCN(C)S(=O)(=O)CC.I. The number of hydrogen-bond donors (Lipinski definition) is 2. The molecule has 1 atom stereocenters. The van der Waals surface area contributed by atoms with Crippen molar-refractivity contribution >= 4 is 40.0 Å². The zero-order chi connectivity index (χ0) is 20.8. The van der Waals surface area contributed by atoms with Gasteiger partial charge in [-0.1, -0.05) is 37.3 Å². The summed E-state index contributed by atoms with van der Waals surface area (Å²) in [5.74, 6) is 1.18. The van der Waals surface area contributed by atoms with Crippen LogP contribution in [0.5, 0.6) is 0 Å². The van der Waals surface area contributed by atoms with E-state index in [9.17, 15) is 8.42 Å². The molecule has 1 aromatic carbocycles. The zero-order valence-corrected chi connectivity index (χ0v) is 21.2. The molecule has 9 heteroatoms. The van der Waals surface area contributed by atoms with E-state index >= 15 is 0 Å². The first-order valence-electron chi connectivity index (χ1n) is 9.96. The van der Waals surface area contributed by atoms with Gasteiger partial charge in [0, 0.05) is 33.2 Å². The Morgan fingerprint density at radius 2 is 1.90 bits per heavy atom. The minimum Gasteiger partial charge on any atom is -0.376 e. The van der Waals surface area contributed by atoms with Crippen LogP contribution in [0.25, 0.3) is 0 Å². The Morgan fingerprint density at radius 1 is 1.21 bits per heavy atom. The molecule has 0 radical (unpaired) electrons. The molecular formula is C20H37IN4O3S. The first-order valence-corrected chi connectivity index (χ1v) is 11.6. The maximum Gasteiger partial charge on any atom is 0.213 e. The minimum atomic E-state index is -3.11. The summed E-state index contributed by atoms with van der Waals surface area (Å²) in [5.41, 5.74) is 1.17. The molecule has 0 spiro atoms. The summed E-state index contributed by atoms with van der Waals surface area (Å²) < 4.78 is 30.7. The van der Waals surface area contributed by atoms with Crippen molar-refractivity contribution in [2.45, 2.75) is 33.8 Å². The van der Waals surface area contributed by atoms with Gasteiger partial charge < -0.3 is 15.4 Å². The number of halogens is 1. The Labute approximate surface area is 193 Å². The molecule has 0 aromatic heterocycles. The predicted molar refractivity (Wildman–Crippen MR) is 131 cm³/mol. The van der Waals surface area contributed by atoms with Crippen molar-refractivity contribution in [3.8, 4) is 0 Å². The molecule has 168 valence electrons. The van der Waals surface area contributed by atoms with E-state index in [1.54, 1.807) is 14.0 Å².